The number of hydrogen-bond acceptors (Lipinski definition) is 2. The van der Waals surface area contributed by atoms with Crippen molar-refractivity contribution in [1.82, 2.24) is 15.1 Å². The second-order valence-corrected chi connectivity index (χ2v) is 4.40. The van der Waals surface area contributed by atoms with Crippen LogP contribution in [-0.2, 0) is 11.3 Å². The summed E-state index contributed by atoms with van der Waals surface area (Å²) in [6, 6.07) is 4.37. The predicted molar refractivity (Wildman–Crippen MR) is 69.8 cm³/mol. The van der Waals surface area contributed by atoms with Crippen LogP contribution >= 0.6 is 0 Å². The fraction of sp³-hybridized carbons (Fsp3) is 0.286. The number of carbonyl (C=O) groups is 1. The summed E-state index contributed by atoms with van der Waals surface area (Å²) in [5, 5.41) is 6.60. The van der Waals surface area contributed by atoms with Crippen LogP contribution < -0.4 is 5.32 Å². The lowest BCUT2D eigenvalue weighted by molar-refractivity contribution is -0.122. The lowest BCUT2D eigenvalue weighted by atomic mass is 10.0. The van der Waals surface area contributed by atoms with E-state index in [-0.39, 0.29) is 18.0 Å². The third-order valence-electron chi connectivity index (χ3n) is 2.94. The summed E-state index contributed by atoms with van der Waals surface area (Å²) in [4.78, 5) is 11.9. The highest BCUT2D eigenvalue weighted by Gasteiger charge is 2.17. The standard InChI is InChI=1S/C14H15F2N3O/c1-2-13(11-8-10(15)4-5-12(11)16)18-14(20)9-19-7-3-6-17-19/h3-8,13H,2,9H2,1H3,(H,18,20). The highest BCUT2D eigenvalue weighted by molar-refractivity contribution is 5.76. The van der Waals surface area contributed by atoms with E-state index in [1.165, 1.54) is 4.68 Å². The van der Waals surface area contributed by atoms with Gasteiger partial charge in [-0.1, -0.05) is 6.92 Å². The molecule has 1 aromatic heterocycles. The average Bonchev–Trinajstić information content (AvgIpc) is 2.92. The van der Waals surface area contributed by atoms with E-state index in [1.807, 2.05) is 0 Å². The van der Waals surface area contributed by atoms with E-state index in [9.17, 15) is 13.6 Å². The first-order valence-electron chi connectivity index (χ1n) is 6.32. The first-order valence-corrected chi connectivity index (χ1v) is 6.32. The number of nitrogens with zero attached hydrogens (tertiary/aromatic N) is 2. The zero-order valence-corrected chi connectivity index (χ0v) is 11.0. The fourth-order valence-corrected chi connectivity index (χ4v) is 1.96. The summed E-state index contributed by atoms with van der Waals surface area (Å²) in [5.74, 6) is -1.36. The van der Waals surface area contributed by atoms with Crippen LogP contribution in [0.5, 0.6) is 0 Å². The van der Waals surface area contributed by atoms with Crippen molar-refractivity contribution in [3.8, 4) is 0 Å². The van der Waals surface area contributed by atoms with Gasteiger partial charge in [-0.3, -0.25) is 9.48 Å². The SMILES string of the molecule is CCC(NC(=O)Cn1cccn1)c1cc(F)ccc1F. The third-order valence-corrected chi connectivity index (χ3v) is 2.94. The van der Waals surface area contributed by atoms with Crippen LogP contribution in [0.25, 0.3) is 0 Å². The molecule has 0 aliphatic heterocycles. The Bertz CT molecular complexity index is 584. The van der Waals surface area contributed by atoms with E-state index in [0.29, 0.717) is 6.42 Å². The van der Waals surface area contributed by atoms with E-state index in [0.717, 1.165) is 18.2 Å². The van der Waals surface area contributed by atoms with E-state index in [1.54, 1.807) is 25.4 Å². The van der Waals surface area contributed by atoms with Gasteiger partial charge >= 0.3 is 0 Å². The van der Waals surface area contributed by atoms with Gasteiger partial charge in [0.05, 0.1) is 6.04 Å². The number of amides is 1. The van der Waals surface area contributed by atoms with Crippen molar-refractivity contribution in [2.24, 2.45) is 0 Å². The highest BCUT2D eigenvalue weighted by atomic mass is 19.1. The Labute approximate surface area is 115 Å². The van der Waals surface area contributed by atoms with E-state index in [2.05, 4.69) is 10.4 Å². The molecule has 2 aromatic rings. The van der Waals surface area contributed by atoms with Crippen molar-refractivity contribution in [3.05, 3.63) is 53.9 Å². The number of halogens is 2. The van der Waals surface area contributed by atoms with Crippen LogP contribution in [0.15, 0.2) is 36.7 Å². The molecule has 0 saturated heterocycles. The first-order chi connectivity index (χ1) is 9.60. The van der Waals surface area contributed by atoms with Gasteiger partial charge < -0.3 is 5.32 Å². The summed E-state index contributed by atoms with van der Waals surface area (Å²) in [5.41, 5.74) is 0.154. The lowest BCUT2D eigenvalue weighted by Gasteiger charge is -2.18. The molecule has 0 fully saturated rings. The molecule has 0 aliphatic rings. The molecular formula is C14H15F2N3O. The molecule has 1 amide bonds. The maximum absolute atomic E-state index is 13.7. The Hall–Kier alpha value is -2.24. The molecule has 2 rings (SSSR count). The van der Waals surface area contributed by atoms with Gasteiger partial charge in [-0.15, -0.1) is 0 Å². The second kappa shape index (κ2) is 6.27. The number of nitrogens with one attached hydrogen (secondary N) is 1. The Morgan fingerprint density at radius 3 is 2.90 bits per heavy atom. The topological polar surface area (TPSA) is 46.9 Å². The molecule has 1 atom stereocenters. The van der Waals surface area contributed by atoms with Crippen LogP contribution in [-0.4, -0.2) is 15.7 Å². The van der Waals surface area contributed by atoms with Crippen LogP contribution in [0.4, 0.5) is 8.78 Å². The van der Waals surface area contributed by atoms with Gasteiger partial charge in [-0.05, 0) is 30.7 Å². The summed E-state index contributed by atoms with van der Waals surface area (Å²) < 4.78 is 28.4. The van der Waals surface area contributed by atoms with Gasteiger partial charge in [-0.25, -0.2) is 8.78 Å². The molecule has 1 aromatic carbocycles. The van der Waals surface area contributed by atoms with E-state index >= 15 is 0 Å². The molecule has 0 aliphatic carbocycles. The van der Waals surface area contributed by atoms with Crippen molar-refractivity contribution in [3.63, 3.8) is 0 Å². The average molecular weight is 279 g/mol. The van der Waals surface area contributed by atoms with Crippen molar-refractivity contribution in [2.75, 3.05) is 0 Å². The molecule has 0 radical (unpaired) electrons. The zero-order chi connectivity index (χ0) is 14.5. The number of rotatable bonds is 5. The van der Waals surface area contributed by atoms with Gasteiger partial charge in [0.1, 0.15) is 18.2 Å². The quantitative estimate of drug-likeness (QED) is 0.913. The van der Waals surface area contributed by atoms with E-state index < -0.39 is 17.7 Å². The molecular weight excluding hydrogens is 264 g/mol. The van der Waals surface area contributed by atoms with Crippen molar-refractivity contribution >= 4 is 5.91 Å². The van der Waals surface area contributed by atoms with Gasteiger partial charge in [0.25, 0.3) is 0 Å². The smallest absolute Gasteiger partial charge is 0.242 e. The molecule has 106 valence electrons. The van der Waals surface area contributed by atoms with Crippen molar-refractivity contribution in [2.45, 2.75) is 25.9 Å². The van der Waals surface area contributed by atoms with Crippen LogP contribution in [0.1, 0.15) is 24.9 Å². The van der Waals surface area contributed by atoms with Crippen LogP contribution in [0, 0.1) is 11.6 Å². The third kappa shape index (κ3) is 3.40. The molecule has 1 heterocycles. The largest absolute Gasteiger partial charge is 0.348 e. The highest BCUT2D eigenvalue weighted by Crippen LogP contribution is 2.21. The summed E-state index contributed by atoms with van der Waals surface area (Å²) in [6.07, 6.45) is 3.69. The number of carbonyl (C=O) groups excluding carboxylic acids is 1. The minimum atomic E-state index is -0.561. The number of hydrogen-bond donors (Lipinski definition) is 1. The van der Waals surface area contributed by atoms with Gasteiger partial charge in [0.2, 0.25) is 5.91 Å². The van der Waals surface area contributed by atoms with Gasteiger partial charge in [-0.2, -0.15) is 5.10 Å². The molecule has 0 saturated carbocycles. The summed E-state index contributed by atoms with van der Waals surface area (Å²) >= 11 is 0. The predicted octanol–water partition coefficient (Wildman–Crippen LogP) is 2.43. The summed E-state index contributed by atoms with van der Waals surface area (Å²) in [6.45, 7) is 1.84. The maximum atomic E-state index is 13.7. The zero-order valence-electron chi connectivity index (χ0n) is 11.0. The van der Waals surface area contributed by atoms with Gasteiger partial charge in [0, 0.05) is 18.0 Å². The normalized spacial score (nSPS) is 12.2. The molecule has 1 N–H and O–H groups in total. The Kier molecular flexibility index (Phi) is 4.45. The molecule has 4 nitrogen and oxygen atoms in total. The number of benzene rings is 1. The monoisotopic (exact) mass is 279 g/mol. The van der Waals surface area contributed by atoms with Crippen LogP contribution in [0.3, 0.4) is 0 Å². The minimum Gasteiger partial charge on any atom is -0.348 e. The molecule has 6 heteroatoms. The molecule has 0 bridgehead atoms. The number of aromatic nitrogens is 2. The Morgan fingerprint density at radius 1 is 1.45 bits per heavy atom. The second-order valence-electron chi connectivity index (χ2n) is 4.40. The Morgan fingerprint density at radius 2 is 2.25 bits per heavy atom. The minimum absolute atomic E-state index is 0.0421. The first kappa shape index (κ1) is 14.2. The lowest BCUT2D eigenvalue weighted by Crippen LogP contribution is -2.32. The fourth-order valence-electron chi connectivity index (χ4n) is 1.96. The summed E-state index contributed by atoms with van der Waals surface area (Å²) in [7, 11) is 0. The van der Waals surface area contributed by atoms with Crippen molar-refractivity contribution in [1.29, 1.82) is 0 Å². The van der Waals surface area contributed by atoms with E-state index in [4.69, 9.17) is 0 Å². The molecule has 20 heavy (non-hydrogen) atoms. The van der Waals surface area contributed by atoms with Gasteiger partial charge in [0.15, 0.2) is 0 Å². The molecule has 1 unspecified atom stereocenters. The van der Waals surface area contributed by atoms with Crippen LogP contribution in [0.2, 0.25) is 0 Å². The van der Waals surface area contributed by atoms with Crippen molar-refractivity contribution < 1.29 is 13.6 Å². The maximum Gasteiger partial charge on any atom is 0.242 e. The Balaban J connectivity index is 2.08. The molecule has 0 spiro atoms.